The molecule has 0 saturated heterocycles. The van der Waals surface area contributed by atoms with Gasteiger partial charge < -0.3 is 40.9 Å². The minimum atomic E-state index is 0.166. The number of terminal acetylenes is 2. The molecule has 4 aliphatic rings. The first-order valence-corrected chi connectivity index (χ1v) is 15.7. The Morgan fingerprint density at radius 1 is 0.295 bits per heavy atom. The summed E-state index contributed by atoms with van der Waals surface area (Å²) in [6.07, 6.45) is 22.9. The maximum absolute atomic E-state index is 8.82. The second kappa shape index (κ2) is 27.2. The van der Waals surface area contributed by atoms with Crippen molar-refractivity contribution in [3.8, 4) is 25.7 Å². The van der Waals surface area contributed by atoms with Gasteiger partial charge in [0.25, 0.3) is 0 Å². The van der Waals surface area contributed by atoms with Crippen LogP contribution >= 0.6 is 0 Å². The van der Waals surface area contributed by atoms with E-state index < -0.39 is 0 Å². The van der Waals surface area contributed by atoms with Gasteiger partial charge in [0.1, 0.15) is 0 Å². The van der Waals surface area contributed by atoms with Crippen molar-refractivity contribution in [2.24, 2.45) is 47.3 Å². The van der Waals surface area contributed by atoms with E-state index in [1.54, 1.807) is 0 Å². The van der Waals surface area contributed by atoms with E-state index in [2.05, 4.69) is 25.7 Å². The van der Waals surface area contributed by atoms with E-state index in [1.165, 1.54) is 0 Å². The molecule has 4 saturated carbocycles. The van der Waals surface area contributed by atoms with Gasteiger partial charge in [0, 0.05) is 52.9 Å². The number of aliphatic hydroxyl groups excluding tert-OH is 8. The monoisotopic (exact) mass is 612 g/mol. The van der Waals surface area contributed by atoms with E-state index in [1.807, 2.05) is 0 Å². The predicted molar refractivity (Wildman–Crippen MR) is 179 cm³/mol. The van der Waals surface area contributed by atoms with E-state index in [-0.39, 0.29) is 123 Å². The smallest absolute Gasteiger partial charge is 0.0699 e. The van der Waals surface area contributed by atoms with Crippen molar-refractivity contribution in [2.75, 3.05) is 52.9 Å². The summed E-state index contributed by atoms with van der Waals surface area (Å²) in [5.41, 5.74) is 0. The molecule has 244 valence electrons. The fourth-order valence-electron chi connectivity index (χ4n) is 6.82. The number of rotatable bonds is 8. The Labute approximate surface area is 272 Å². The first-order chi connectivity index (χ1) is 21.1. The highest BCUT2D eigenvalue weighted by atomic mass is 16.3. The summed E-state index contributed by atoms with van der Waals surface area (Å²) in [7, 11) is 22.6. The van der Waals surface area contributed by atoms with Gasteiger partial charge in [0.15, 0.2) is 0 Å². The van der Waals surface area contributed by atoms with Crippen LogP contribution in [0.1, 0.15) is 51.4 Å². The van der Waals surface area contributed by atoms with Crippen LogP contribution < -0.4 is 0 Å². The first kappa shape index (κ1) is 45.2. The van der Waals surface area contributed by atoms with Crippen LogP contribution in [0.15, 0.2) is 0 Å². The number of hydrogen-bond acceptors (Lipinski definition) is 8. The van der Waals surface area contributed by atoms with Crippen LogP contribution in [-0.2, 0) is 0 Å². The van der Waals surface area contributed by atoms with Crippen molar-refractivity contribution < 1.29 is 40.9 Å². The average Bonchev–Trinajstić information content (AvgIpc) is 3.83. The lowest BCUT2D eigenvalue weighted by Gasteiger charge is -2.12. The Balaban J connectivity index is 0. The van der Waals surface area contributed by atoms with Crippen LogP contribution in [0.2, 0.25) is 23.3 Å². The normalized spacial score (nSPS) is 36.8. The van der Waals surface area contributed by atoms with Gasteiger partial charge in [-0.3, -0.25) is 0 Å². The Morgan fingerprint density at radius 3 is 0.455 bits per heavy atom. The van der Waals surface area contributed by atoms with Gasteiger partial charge >= 0.3 is 0 Å². The molecule has 0 aromatic rings. The molecule has 12 atom stereocenters. The minimum absolute atomic E-state index is 0.166. The molecule has 0 amide bonds. The molecule has 8 radical (unpaired) electrons. The van der Waals surface area contributed by atoms with Crippen LogP contribution in [-0.4, -0.2) is 125 Å². The molecule has 8 N–H and O–H groups in total. The summed E-state index contributed by atoms with van der Waals surface area (Å²) < 4.78 is 0. The van der Waals surface area contributed by atoms with Crippen molar-refractivity contribution in [3.63, 3.8) is 0 Å². The molecule has 0 heterocycles. The van der Waals surface area contributed by atoms with Crippen LogP contribution in [0.4, 0.5) is 0 Å². The van der Waals surface area contributed by atoms with Crippen molar-refractivity contribution >= 4 is 31.4 Å². The van der Waals surface area contributed by atoms with Crippen LogP contribution in [0.25, 0.3) is 0 Å². The number of aliphatic hydroxyl groups is 8. The minimum Gasteiger partial charge on any atom is -0.396 e. The molecule has 4 rings (SSSR count). The predicted octanol–water partition coefficient (Wildman–Crippen LogP) is 0.316. The molecule has 0 aliphatic heterocycles. The van der Waals surface area contributed by atoms with Gasteiger partial charge in [-0.15, -0.1) is 25.7 Å². The molecule has 0 spiro atoms. The van der Waals surface area contributed by atoms with Gasteiger partial charge in [-0.1, -0.05) is 74.6 Å². The largest absolute Gasteiger partial charge is 0.396 e. The Kier molecular flexibility index (Phi) is 27.9. The standard InChI is InChI=1S/4C7H13BO2.2C2H2/c4*8-7-1-5(3-9)6(2-7)4-10;2*1-2/h4*5-7,9-10H,1-4H2;2*1-2H/t4*5-,6+,7?;;. The van der Waals surface area contributed by atoms with E-state index in [9.17, 15) is 0 Å². The second-order valence-corrected chi connectivity index (χ2v) is 12.5. The molecule has 4 fully saturated rings. The van der Waals surface area contributed by atoms with Gasteiger partial charge in [-0.05, 0) is 47.3 Å². The maximum atomic E-state index is 8.82. The van der Waals surface area contributed by atoms with Gasteiger partial charge in [-0.25, -0.2) is 0 Å². The average molecular weight is 612 g/mol. The topological polar surface area (TPSA) is 162 Å². The third-order valence-corrected chi connectivity index (χ3v) is 9.39. The summed E-state index contributed by atoms with van der Waals surface area (Å²) in [6, 6.07) is 0. The summed E-state index contributed by atoms with van der Waals surface area (Å²) >= 11 is 0. The lowest BCUT2D eigenvalue weighted by Crippen LogP contribution is -2.15. The van der Waals surface area contributed by atoms with E-state index >= 15 is 0 Å². The first-order valence-electron chi connectivity index (χ1n) is 15.7. The Bertz CT molecular complexity index is 560. The lowest BCUT2D eigenvalue weighted by atomic mass is 9.85. The Morgan fingerprint density at radius 2 is 0.386 bits per heavy atom. The second-order valence-electron chi connectivity index (χ2n) is 12.5. The van der Waals surface area contributed by atoms with Crippen LogP contribution in [0.5, 0.6) is 0 Å². The molecule has 0 aromatic heterocycles. The molecule has 4 unspecified atom stereocenters. The zero-order valence-corrected chi connectivity index (χ0v) is 26.4. The summed E-state index contributed by atoms with van der Waals surface area (Å²) in [5, 5.41) is 70.5. The van der Waals surface area contributed by atoms with E-state index in [0.29, 0.717) is 0 Å². The van der Waals surface area contributed by atoms with Gasteiger partial charge in [0.2, 0.25) is 0 Å². The van der Waals surface area contributed by atoms with Crippen LogP contribution in [0.3, 0.4) is 0 Å². The maximum Gasteiger partial charge on any atom is 0.0699 e. The third-order valence-electron chi connectivity index (χ3n) is 9.39. The molecule has 8 nitrogen and oxygen atoms in total. The molecule has 0 bridgehead atoms. The fraction of sp³-hybridized carbons (Fsp3) is 0.875. The summed E-state index contributed by atoms with van der Waals surface area (Å²) in [4.78, 5) is 0. The van der Waals surface area contributed by atoms with Crippen molar-refractivity contribution in [2.45, 2.75) is 74.6 Å². The van der Waals surface area contributed by atoms with Gasteiger partial charge in [-0.2, -0.15) is 0 Å². The zero-order valence-electron chi connectivity index (χ0n) is 26.4. The SMILES string of the molecule is C#C.C#C.[B]C1C[C@@H](CO)[C@@H](CO)C1.[B]C1C[C@@H](CO)[C@@H](CO)C1.[B]C1C[C@@H](CO)[C@@H](CO)C1.[B]C1C[C@@H](CO)[C@@H](CO)C1. The lowest BCUT2D eigenvalue weighted by molar-refractivity contribution is 0.141. The van der Waals surface area contributed by atoms with Crippen LogP contribution in [0, 0.1) is 73.0 Å². The number of hydrogen-bond donors (Lipinski definition) is 8. The van der Waals surface area contributed by atoms with Crippen molar-refractivity contribution in [3.05, 3.63) is 0 Å². The molecule has 44 heavy (non-hydrogen) atoms. The highest BCUT2D eigenvalue weighted by molar-refractivity contribution is 6.12. The molecular formula is C32H56B4O8. The van der Waals surface area contributed by atoms with Crippen molar-refractivity contribution in [1.82, 2.24) is 0 Å². The molecule has 12 heteroatoms. The highest BCUT2D eigenvalue weighted by Gasteiger charge is 2.32. The fourth-order valence-corrected chi connectivity index (χ4v) is 6.82. The molecule has 4 aliphatic carbocycles. The molecule has 0 aromatic carbocycles. The van der Waals surface area contributed by atoms with Gasteiger partial charge in [0.05, 0.1) is 31.4 Å². The summed E-state index contributed by atoms with van der Waals surface area (Å²) in [5.74, 6) is 2.65. The quantitative estimate of drug-likeness (QED) is 0.144. The summed E-state index contributed by atoms with van der Waals surface area (Å²) in [6.45, 7) is 1.32. The molecular weight excluding hydrogens is 556 g/mol. The van der Waals surface area contributed by atoms with E-state index in [4.69, 9.17) is 72.2 Å². The van der Waals surface area contributed by atoms with E-state index in [0.717, 1.165) is 51.4 Å². The third kappa shape index (κ3) is 16.6. The highest BCUT2D eigenvalue weighted by Crippen LogP contribution is 2.39. The zero-order chi connectivity index (χ0) is 34.2. The Hall–Kier alpha value is -0.940. The van der Waals surface area contributed by atoms with Crippen molar-refractivity contribution in [1.29, 1.82) is 0 Å².